The molecular formula is C18H27ClN4O. The summed E-state index contributed by atoms with van der Waals surface area (Å²) >= 11 is 0. The Morgan fingerprint density at radius 1 is 1.29 bits per heavy atom. The SMILES string of the molecule is Cc1ccccc1-n1ncc(C(=O)NC(CN)CC(C)C)c1C.Cl. The van der Waals surface area contributed by atoms with E-state index in [-0.39, 0.29) is 24.4 Å². The molecule has 1 unspecified atom stereocenters. The first-order valence-electron chi connectivity index (χ1n) is 8.05. The van der Waals surface area contributed by atoms with Crippen LogP contribution in [-0.4, -0.2) is 28.3 Å². The molecule has 1 aromatic heterocycles. The van der Waals surface area contributed by atoms with E-state index in [9.17, 15) is 4.79 Å². The normalized spacial score (nSPS) is 11.9. The molecule has 3 N–H and O–H groups in total. The fourth-order valence-electron chi connectivity index (χ4n) is 2.72. The minimum Gasteiger partial charge on any atom is -0.348 e. The number of amides is 1. The quantitative estimate of drug-likeness (QED) is 0.841. The van der Waals surface area contributed by atoms with Crippen LogP contribution in [0, 0.1) is 19.8 Å². The van der Waals surface area contributed by atoms with E-state index in [1.165, 1.54) is 0 Å². The molecule has 1 atom stereocenters. The first-order chi connectivity index (χ1) is 10.9. The number of nitrogens with one attached hydrogen (secondary N) is 1. The van der Waals surface area contributed by atoms with Crippen LogP contribution in [0.1, 0.15) is 41.9 Å². The predicted molar refractivity (Wildman–Crippen MR) is 100 cm³/mol. The fourth-order valence-corrected chi connectivity index (χ4v) is 2.72. The first kappa shape index (κ1) is 20.2. The van der Waals surface area contributed by atoms with Crippen molar-refractivity contribution >= 4 is 18.3 Å². The number of hydrogen-bond acceptors (Lipinski definition) is 3. The van der Waals surface area contributed by atoms with Crippen molar-refractivity contribution in [3.05, 3.63) is 47.3 Å². The average Bonchev–Trinajstić information content (AvgIpc) is 2.88. The Hall–Kier alpha value is -1.85. The Kier molecular flexibility index (Phi) is 7.45. The summed E-state index contributed by atoms with van der Waals surface area (Å²) in [6, 6.07) is 7.98. The second-order valence-corrected chi connectivity index (χ2v) is 6.38. The van der Waals surface area contributed by atoms with Gasteiger partial charge in [-0.25, -0.2) is 4.68 Å². The first-order valence-corrected chi connectivity index (χ1v) is 8.05. The lowest BCUT2D eigenvalue weighted by molar-refractivity contribution is 0.0933. The Bertz CT molecular complexity index is 681. The van der Waals surface area contributed by atoms with Gasteiger partial charge in [-0.15, -0.1) is 12.4 Å². The summed E-state index contributed by atoms with van der Waals surface area (Å²) in [7, 11) is 0. The molecule has 0 spiro atoms. The van der Waals surface area contributed by atoms with E-state index in [1.807, 2.05) is 42.8 Å². The second-order valence-electron chi connectivity index (χ2n) is 6.38. The number of halogens is 1. The van der Waals surface area contributed by atoms with Crippen molar-refractivity contribution in [2.45, 2.75) is 40.2 Å². The molecule has 2 aromatic rings. The van der Waals surface area contributed by atoms with E-state index in [0.717, 1.165) is 23.4 Å². The molecule has 1 heterocycles. The summed E-state index contributed by atoms with van der Waals surface area (Å²) in [6.45, 7) is 8.62. The van der Waals surface area contributed by atoms with Gasteiger partial charge in [-0.2, -0.15) is 5.10 Å². The van der Waals surface area contributed by atoms with Crippen molar-refractivity contribution < 1.29 is 4.79 Å². The molecular weight excluding hydrogens is 324 g/mol. The van der Waals surface area contributed by atoms with E-state index < -0.39 is 0 Å². The van der Waals surface area contributed by atoms with Crippen molar-refractivity contribution in [2.24, 2.45) is 11.7 Å². The fraction of sp³-hybridized carbons (Fsp3) is 0.444. The molecule has 2 rings (SSSR count). The number of aromatic nitrogens is 2. The van der Waals surface area contributed by atoms with Crippen LogP contribution in [-0.2, 0) is 0 Å². The molecule has 24 heavy (non-hydrogen) atoms. The highest BCUT2D eigenvalue weighted by Crippen LogP contribution is 2.17. The monoisotopic (exact) mass is 350 g/mol. The molecule has 1 aromatic carbocycles. The van der Waals surface area contributed by atoms with E-state index in [1.54, 1.807) is 6.20 Å². The number of nitrogens with two attached hydrogens (primary N) is 1. The van der Waals surface area contributed by atoms with Crippen molar-refractivity contribution in [1.29, 1.82) is 0 Å². The van der Waals surface area contributed by atoms with Crippen LogP contribution >= 0.6 is 12.4 Å². The van der Waals surface area contributed by atoms with E-state index in [0.29, 0.717) is 18.0 Å². The van der Waals surface area contributed by atoms with Crippen molar-refractivity contribution in [2.75, 3.05) is 6.54 Å². The number of benzene rings is 1. The highest BCUT2D eigenvalue weighted by molar-refractivity contribution is 5.95. The zero-order chi connectivity index (χ0) is 17.0. The van der Waals surface area contributed by atoms with Gasteiger partial charge in [0.2, 0.25) is 0 Å². The molecule has 1 amide bonds. The molecule has 0 saturated carbocycles. The van der Waals surface area contributed by atoms with Gasteiger partial charge in [-0.05, 0) is 37.8 Å². The van der Waals surface area contributed by atoms with Crippen LogP contribution < -0.4 is 11.1 Å². The molecule has 0 radical (unpaired) electrons. The molecule has 0 aliphatic rings. The van der Waals surface area contributed by atoms with Gasteiger partial charge in [0.25, 0.3) is 5.91 Å². The summed E-state index contributed by atoms with van der Waals surface area (Å²) in [4.78, 5) is 12.5. The molecule has 5 nitrogen and oxygen atoms in total. The number of hydrogen-bond donors (Lipinski definition) is 2. The highest BCUT2D eigenvalue weighted by Gasteiger charge is 2.19. The number of carbonyl (C=O) groups excluding carboxylic acids is 1. The number of aryl methyl sites for hydroxylation is 1. The second kappa shape index (κ2) is 8.85. The minimum atomic E-state index is -0.113. The molecule has 132 valence electrons. The van der Waals surface area contributed by atoms with E-state index in [4.69, 9.17) is 5.73 Å². The van der Waals surface area contributed by atoms with Crippen LogP contribution in [0.5, 0.6) is 0 Å². The average molecular weight is 351 g/mol. The molecule has 0 aliphatic heterocycles. The van der Waals surface area contributed by atoms with Crippen molar-refractivity contribution in [3.8, 4) is 5.69 Å². The third-order valence-electron chi connectivity index (χ3n) is 3.97. The van der Waals surface area contributed by atoms with Gasteiger partial charge in [-0.1, -0.05) is 32.0 Å². The Labute approximate surface area is 150 Å². The lowest BCUT2D eigenvalue weighted by Crippen LogP contribution is -2.41. The van der Waals surface area contributed by atoms with Crippen LogP contribution in [0.2, 0.25) is 0 Å². The van der Waals surface area contributed by atoms with E-state index >= 15 is 0 Å². The summed E-state index contributed by atoms with van der Waals surface area (Å²) in [5, 5.41) is 7.40. The largest absolute Gasteiger partial charge is 0.348 e. The predicted octanol–water partition coefficient (Wildman–Crippen LogP) is 3.01. The highest BCUT2D eigenvalue weighted by atomic mass is 35.5. The molecule has 0 fully saturated rings. The van der Waals surface area contributed by atoms with Crippen molar-refractivity contribution in [1.82, 2.24) is 15.1 Å². The summed E-state index contributed by atoms with van der Waals surface area (Å²) in [5.41, 5.74) is 9.29. The van der Waals surface area contributed by atoms with Crippen LogP contribution in [0.4, 0.5) is 0 Å². The molecule has 0 saturated heterocycles. The summed E-state index contributed by atoms with van der Waals surface area (Å²) in [6.07, 6.45) is 2.49. The van der Waals surface area contributed by atoms with Crippen molar-refractivity contribution in [3.63, 3.8) is 0 Å². The Morgan fingerprint density at radius 2 is 1.96 bits per heavy atom. The number of para-hydroxylation sites is 1. The Balaban J connectivity index is 0.00000288. The van der Waals surface area contributed by atoms with E-state index in [2.05, 4.69) is 24.3 Å². The van der Waals surface area contributed by atoms with Gasteiger partial charge in [0, 0.05) is 12.6 Å². The topological polar surface area (TPSA) is 72.9 Å². The Morgan fingerprint density at radius 3 is 2.54 bits per heavy atom. The lowest BCUT2D eigenvalue weighted by atomic mass is 10.0. The maximum absolute atomic E-state index is 12.5. The zero-order valence-corrected chi connectivity index (χ0v) is 15.6. The van der Waals surface area contributed by atoms with Crippen LogP contribution in [0.25, 0.3) is 5.69 Å². The molecule has 0 aliphatic carbocycles. The minimum absolute atomic E-state index is 0. The molecule has 6 heteroatoms. The lowest BCUT2D eigenvalue weighted by Gasteiger charge is -2.18. The van der Waals surface area contributed by atoms with Crippen LogP contribution in [0.15, 0.2) is 30.5 Å². The zero-order valence-electron chi connectivity index (χ0n) is 14.7. The standard InChI is InChI=1S/C18H26N4O.ClH/c1-12(2)9-15(10-19)21-18(23)16-11-20-22(14(16)4)17-8-6-5-7-13(17)3;/h5-8,11-12,15H,9-10,19H2,1-4H3,(H,21,23);1H. The van der Waals surface area contributed by atoms with Crippen LogP contribution in [0.3, 0.4) is 0 Å². The maximum atomic E-state index is 12.5. The van der Waals surface area contributed by atoms with Gasteiger partial charge in [0.05, 0.1) is 23.1 Å². The molecule has 0 bridgehead atoms. The summed E-state index contributed by atoms with van der Waals surface area (Å²) in [5.74, 6) is 0.373. The van der Waals surface area contributed by atoms with Gasteiger partial charge >= 0.3 is 0 Å². The van der Waals surface area contributed by atoms with Gasteiger partial charge in [0.15, 0.2) is 0 Å². The maximum Gasteiger partial charge on any atom is 0.255 e. The smallest absolute Gasteiger partial charge is 0.255 e. The third-order valence-corrected chi connectivity index (χ3v) is 3.97. The number of carbonyl (C=O) groups is 1. The van der Waals surface area contributed by atoms with Gasteiger partial charge < -0.3 is 11.1 Å². The van der Waals surface area contributed by atoms with Gasteiger partial charge in [0.1, 0.15) is 0 Å². The number of rotatable bonds is 6. The van der Waals surface area contributed by atoms with Gasteiger partial charge in [-0.3, -0.25) is 4.79 Å². The number of nitrogens with zero attached hydrogens (tertiary/aromatic N) is 2. The third kappa shape index (κ3) is 4.58. The summed E-state index contributed by atoms with van der Waals surface area (Å²) < 4.78 is 1.81.